The van der Waals surface area contributed by atoms with E-state index in [0.29, 0.717) is 19.5 Å². The maximum Gasteiger partial charge on any atom is 0.414 e. The molecule has 2 radical (unpaired) electrons. The van der Waals surface area contributed by atoms with Crippen LogP contribution in [0.2, 0.25) is 6.32 Å². The molecular formula is C26H28BNO3. The van der Waals surface area contributed by atoms with Crippen molar-refractivity contribution in [3.05, 3.63) is 71.8 Å². The summed E-state index contributed by atoms with van der Waals surface area (Å²) in [5, 5.41) is 2.15. The quantitative estimate of drug-likeness (QED) is 0.465. The Bertz CT molecular complexity index is 1080. The molecule has 3 aromatic rings. The van der Waals surface area contributed by atoms with E-state index < -0.39 is 5.60 Å². The summed E-state index contributed by atoms with van der Waals surface area (Å²) in [4.78, 5) is 14.8. The predicted molar refractivity (Wildman–Crippen MR) is 126 cm³/mol. The highest BCUT2D eigenvalue weighted by molar-refractivity contribution is 6.08. The van der Waals surface area contributed by atoms with Crippen LogP contribution >= 0.6 is 0 Å². The van der Waals surface area contributed by atoms with Crippen LogP contribution in [0.15, 0.2) is 60.7 Å². The molecule has 1 heterocycles. The van der Waals surface area contributed by atoms with E-state index in [1.807, 2.05) is 69.3 Å². The number of anilines is 1. The van der Waals surface area contributed by atoms with Gasteiger partial charge in [-0.05, 0) is 37.3 Å². The fourth-order valence-electron chi connectivity index (χ4n) is 4.19. The molecular weight excluding hydrogens is 385 g/mol. The third-order valence-corrected chi connectivity index (χ3v) is 5.49. The molecule has 0 bridgehead atoms. The molecule has 1 atom stereocenters. The maximum absolute atomic E-state index is 13.0. The zero-order chi connectivity index (χ0) is 22.0. The molecule has 158 valence electrons. The number of amides is 1. The van der Waals surface area contributed by atoms with Crippen LogP contribution in [0.5, 0.6) is 5.75 Å². The standard InChI is InChI=1S/C26H28BNO3/c1-26(2,3)31-25(29)28-16-19(13-14-27)24-21-12-8-7-11-20(21)23(15-22(24)28)30-17-18-9-5-4-6-10-18/h4-12,15,19H,13-14,16-17H2,1-3H3. The Morgan fingerprint density at radius 2 is 1.74 bits per heavy atom. The largest absolute Gasteiger partial charge is 0.488 e. The van der Waals surface area contributed by atoms with Gasteiger partial charge in [-0.1, -0.05) is 67.3 Å². The zero-order valence-corrected chi connectivity index (χ0v) is 18.4. The lowest BCUT2D eigenvalue weighted by Gasteiger charge is -2.25. The first-order valence-electron chi connectivity index (χ1n) is 10.8. The molecule has 3 aromatic carbocycles. The Morgan fingerprint density at radius 3 is 2.42 bits per heavy atom. The third-order valence-electron chi connectivity index (χ3n) is 5.49. The van der Waals surface area contributed by atoms with Crippen LogP contribution in [0.4, 0.5) is 10.5 Å². The molecule has 31 heavy (non-hydrogen) atoms. The minimum absolute atomic E-state index is 0.167. The number of nitrogens with zero attached hydrogens (tertiary/aromatic N) is 1. The van der Waals surface area contributed by atoms with Crippen LogP contribution < -0.4 is 9.64 Å². The van der Waals surface area contributed by atoms with E-state index in [4.69, 9.17) is 17.3 Å². The van der Waals surface area contributed by atoms with Gasteiger partial charge >= 0.3 is 6.09 Å². The van der Waals surface area contributed by atoms with Crippen molar-refractivity contribution in [1.82, 2.24) is 0 Å². The number of carbonyl (C=O) groups is 1. The van der Waals surface area contributed by atoms with Crippen LogP contribution in [0.1, 0.15) is 44.2 Å². The summed E-state index contributed by atoms with van der Waals surface area (Å²) < 4.78 is 12.0. The molecule has 4 nitrogen and oxygen atoms in total. The van der Waals surface area contributed by atoms with Gasteiger partial charge in [-0.15, -0.1) is 0 Å². The zero-order valence-electron chi connectivity index (χ0n) is 18.4. The van der Waals surface area contributed by atoms with Crippen LogP contribution in [0, 0.1) is 0 Å². The van der Waals surface area contributed by atoms with Crippen molar-refractivity contribution in [3.8, 4) is 5.75 Å². The highest BCUT2D eigenvalue weighted by Gasteiger charge is 2.36. The lowest BCUT2D eigenvalue weighted by Crippen LogP contribution is -2.36. The van der Waals surface area contributed by atoms with Gasteiger partial charge in [-0.2, -0.15) is 0 Å². The summed E-state index contributed by atoms with van der Waals surface area (Å²) >= 11 is 0. The van der Waals surface area contributed by atoms with Gasteiger partial charge in [0, 0.05) is 23.9 Å². The van der Waals surface area contributed by atoms with Gasteiger partial charge in [-0.3, -0.25) is 4.90 Å². The number of ether oxygens (including phenoxy) is 2. The van der Waals surface area contributed by atoms with E-state index >= 15 is 0 Å². The Hall–Kier alpha value is -2.95. The number of hydrogen-bond acceptors (Lipinski definition) is 3. The topological polar surface area (TPSA) is 38.8 Å². The highest BCUT2D eigenvalue weighted by atomic mass is 16.6. The fraction of sp³-hybridized carbons (Fsp3) is 0.346. The Labute approximate surface area is 185 Å². The molecule has 0 aliphatic carbocycles. The average Bonchev–Trinajstić information content (AvgIpc) is 3.10. The molecule has 1 amide bonds. The second-order valence-corrected chi connectivity index (χ2v) is 8.99. The smallest absolute Gasteiger partial charge is 0.414 e. The van der Waals surface area contributed by atoms with E-state index in [0.717, 1.165) is 39.8 Å². The highest BCUT2D eigenvalue weighted by Crippen LogP contribution is 2.47. The van der Waals surface area contributed by atoms with Crippen molar-refractivity contribution in [2.45, 2.75) is 51.6 Å². The van der Waals surface area contributed by atoms with Gasteiger partial charge in [0.2, 0.25) is 0 Å². The molecule has 1 unspecified atom stereocenters. The van der Waals surface area contributed by atoms with E-state index in [1.54, 1.807) is 4.90 Å². The second kappa shape index (κ2) is 8.66. The Balaban J connectivity index is 1.77. The van der Waals surface area contributed by atoms with E-state index in [9.17, 15) is 4.79 Å². The number of hydrogen-bond donors (Lipinski definition) is 0. The predicted octanol–water partition coefficient (Wildman–Crippen LogP) is 6.23. The molecule has 0 saturated heterocycles. The molecule has 5 heteroatoms. The molecule has 0 saturated carbocycles. The van der Waals surface area contributed by atoms with Crippen LogP contribution in [0.25, 0.3) is 10.8 Å². The van der Waals surface area contributed by atoms with Gasteiger partial charge in [0.15, 0.2) is 0 Å². The molecule has 0 fully saturated rings. The van der Waals surface area contributed by atoms with Gasteiger partial charge in [0.1, 0.15) is 18.0 Å². The second-order valence-electron chi connectivity index (χ2n) is 8.99. The minimum Gasteiger partial charge on any atom is -0.488 e. The summed E-state index contributed by atoms with van der Waals surface area (Å²) in [5.41, 5.74) is 2.54. The van der Waals surface area contributed by atoms with Crippen LogP contribution in [-0.2, 0) is 11.3 Å². The van der Waals surface area contributed by atoms with Crippen LogP contribution in [0.3, 0.4) is 0 Å². The molecule has 0 spiro atoms. The molecule has 1 aliphatic rings. The third kappa shape index (κ3) is 4.56. The number of benzene rings is 3. The lowest BCUT2D eigenvalue weighted by atomic mass is 9.87. The normalized spacial score (nSPS) is 15.7. The summed E-state index contributed by atoms with van der Waals surface area (Å²) in [5.74, 6) is 0.931. The molecule has 4 rings (SSSR count). The van der Waals surface area contributed by atoms with Crippen molar-refractivity contribution >= 4 is 30.4 Å². The van der Waals surface area contributed by atoms with Gasteiger partial charge in [-0.25, -0.2) is 4.79 Å². The van der Waals surface area contributed by atoms with E-state index in [2.05, 4.69) is 12.1 Å². The van der Waals surface area contributed by atoms with Crippen molar-refractivity contribution in [3.63, 3.8) is 0 Å². The molecule has 1 aliphatic heterocycles. The number of carbonyl (C=O) groups excluding carboxylic acids is 1. The first-order valence-corrected chi connectivity index (χ1v) is 10.8. The number of rotatable bonds is 5. The van der Waals surface area contributed by atoms with Crippen molar-refractivity contribution in [1.29, 1.82) is 0 Å². The monoisotopic (exact) mass is 413 g/mol. The van der Waals surface area contributed by atoms with Gasteiger partial charge < -0.3 is 9.47 Å². The molecule has 0 aromatic heterocycles. The maximum atomic E-state index is 13.0. The van der Waals surface area contributed by atoms with Gasteiger partial charge in [0.05, 0.1) is 13.5 Å². The number of fused-ring (bicyclic) bond motifs is 3. The summed E-state index contributed by atoms with van der Waals surface area (Å²) in [6.45, 7) is 6.67. The average molecular weight is 413 g/mol. The summed E-state index contributed by atoms with van der Waals surface area (Å²) in [6, 6.07) is 20.3. The van der Waals surface area contributed by atoms with Crippen molar-refractivity contribution in [2.75, 3.05) is 11.4 Å². The molecule has 0 N–H and O–H groups in total. The van der Waals surface area contributed by atoms with Crippen molar-refractivity contribution in [2.24, 2.45) is 0 Å². The summed E-state index contributed by atoms with van der Waals surface area (Å²) in [7, 11) is 5.92. The Kier molecular flexibility index (Phi) is 5.95. The lowest BCUT2D eigenvalue weighted by molar-refractivity contribution is 0.0582. The van der Waals surface area contributed by atoms with Crippen molar-refractivity contribution < 1.29 is 14.3 Å². The van der Waals surface area contributed by atoms with E-state index in [1.165, 1.54) is 0 Å². The summed E-state index contributed by atoms with van der Waals surface area (Å²) in [6.07, 6.45) is 1.03. The van der Waals surface area contributed by atoms with E-state index in [-0.39, 0.29) is 12.0 Å². The fourth-order valence-corrected chi connectivity index (χ4v) is 4.19. The van der Waals surface area contributed by atoms with Crippen LogP contribution in [-0.4, -0.2) is 26.1 Å². The SMILES string of the molecule is [B]CCC1CN(C(=O)OC(C)(C)C)c2cc(OCc3ccccc3)c3ccccc3c21. The van der Waals surface area contributed by atoms with Gasteiger partial charge in [0.25, 0.3) is 0 Å². The first kappa shape index (κ1) is 21.3. The Morgan fingerprint density at radius 1 is 1.06 bits per heavy atom. The first-order chi connectivity index (χ1) is 14.9. The minimum atomic E-state index is -0.563.